The van der Waals surface area contributed by atoms with Crippen LogP contribution in [-0.4, -0.2) is 80.9 Å². The van der Waals surface area contributed by atoms with Gasteiger partial charge in [-0.15, -0.1) is 0 Å². The quantitative estimate of drug-likeness (QED) is 0.666. The van der Waals surface area contributed by atoms with Gasteiger partial charge >= 0.3 is 5.97 Å². The van der Waals surface area contributed by atoms with Gasteiger partial charge in [0.15, 0.2) is 0 Å². The lowest BCUT2D eigenvalue weighted by atomic mass is 10.0. The van der Waals surface area contributed by atoms with Crippen LogP contribution < -0.4 is 5.73 Å². The molecule has 180 valence electrons. The van der Waals surface area contributed by atoms with E-state index in [2.05, 4.69) is 6.07 Å². The van der Waals surface area contributed by atoms with E-state index in [1.165, 1.54) is 0 Å². The number of nitrogens with two attached hydrogens (primary N) is 1. The molecule has 3 heterocycles. The Bertz CT molecular complexity index is 1080. The molecule has 2 amide bonds. The van der Waals surface area contributed by atoms with Crippen LogP contribution in [0.4, 0.5) is 0 Å². The van der Waals surface area contributed by atoms with Crippen LogP contribution in [0.25, 0.3) is 0 Å². The zero-order valence-electron chi connectivity index (χ0n) is 19.6. The van der Waals surface area contributed by atoms with Crippen LogP contribution in [0.3, 0.4) is 0 Å². The van der Waals surface area contributed by atoms with Gasteiger partial charge in [-0.25, -0.2) is 4.79 Å². The average molecular weight is 466 g/mol. The summed E-state index contributed by atoms with van der Waals surface area (Å²) in [6.07, 6.45) is 2.94. The van der Waals surface area contributed by atoms with Gasteiger partial charge in [-0.05, 0) is 61.8 Å². The second-order valence-corrected chi connectivity index (χ2v) is 10.3. The Labute approximate surface area is 199 Å². The summed E-state index contributed by atoms with van der Waals surface area (Å²) >= 11 is 0. The van der Waals surface area contributed by atoms with Gasteiger partial charge in [0.1, 0.15) is 6.04 Å². The first-order chi connectivity index (χ1) is 16.2. The molecule has 0 radical (unpaired) electrons. The lowest BCUT2D eigenvalue weighted by molar-refractivity contribution is -0.141. The fourth-order valence-electron chi connectivity index (χ4n) is 6.53. The molecule has 0 aromatic heterocycles. The molecular formula is C25H31N5O4. The van der Waals surface area contributed by atoms with E-state index in [1.807, 2.05) is 29.7 Å². The van der Waals surface area contributed by atoms with Crippen molar-refractivity contribution in [2.24, 2.45) is 11.7 Å². The molecule has 1 aromatic rings. The van der Waals surface area contributed by atoms with Gasteiger partial charge < -0.3 is 20.6 Å². The summed E-state index contributed by atoms with van der Waals surface area (Å²) < 4.78 is 0. The molecule has 3 N–H and O–H groups in total. The monoisotopic (exact) mass is 465 g/mol. The summed E-state index contributed by atoms with van der Waals surface area (Å²) in [5, 5.41) is 18.7. The van der Waals surface area contributed by atoms with Gasteiger partial charge in [-0.2, -0.15) is 5.26 Å². The third-order valence-electron chi connectivity index (χ3n) is 8.43. The van der Waals surface area contributed by atoms with Crippen molar-refractivity contribution in [3.05, 3.63) is 34.9 Å². The largest absolute Gasteiger partial charge is 0.478 e. The lowest BCUT2D eigenvalue weighted by Gasteiger charge is -2.39. The van der Waals surface area contributed by atoms with Gasteiger partial charge in [0.2, 0.25) is 11.8 Å². The van der Waals surface area contributed by atoms with Crippen LogP contribution in [0.5, 0.6) is 0 Å². The highest BCUT2D eigenvalue weighted by molar-refractivity contribution is 5.89. The maximum atomic E-state index is 13.4. The molecule has 1 aromatic carbocycles. The second kappa shape index (κ2) is 8.36. The van der Waals surface area contributed by atoms with Crippen molar-refractivity contribution in [1.82, 2.24) is 14.7 Å². The van der Waals surface area contributed by atoms with Crippen LogP contribution >= 0.6 is 0 Å². The van der Waals surface area contributed by atoms with Gasteiger partial charge in [-0.3, -0.25) is 14.5 Å². The van der Waals surface area contributed by atoms with Crippen molar-refractivity contribution in [3.63, 3.8) is 0 Å². The number of aromatic carboxylic acids is 1. The van der Waals surface area contributed by atoms with E-state index in [-0.39, 0.29) is 47.5 Å². The number of carboxylic acid groups (broad SMARTS) is 1. The van der Waals surface area contributed by atoms with Crippen molar-refractivity contribution in [1.29, 1.82) is 5.26 Å². The summed E-state index contributed by atoms with van der Waals surface area (Å²) in [4.78, 5) is 43.4. The van der Waals surface area contributed by atoms with Crippen molar-refractivity contribution in [3.8, 4) is 6.07 Å². The van der Waals surface area contributed by atoms with Crippen molar-refractivity contribution in [2.45, 2.75) is 75.8 Å². The summed E-state index contributed by atoms with van der Waals surface area (Å²) in [6.45, 7) is 4.98. The van der Waals surface area contributed by atoms with E-state index in [0.29, 0.717) is 19.5 Å². The molecule has 0 spiro atoms. The summed E-state index contributed by atoms with van der Waals surface area (Å²) in [5.74, 6) is -0.842. The number of hydrogen-bond acceptors (Lipinski definition) is 6. The Morgan fingerprint density at radius 2 is 2.03 bits per heavy atom. The molecule has 2 bridgehead atoms. The fraction of sp³-hybridized carbons (Fsp3) is 0.600. The molecule has 5 unspecified atom stereocenters. The minimum Gasteiger partial charge on any atom is -0.478 e. The first kappa shape index (κ1) is 22.8. The van der Waals surface area contributed by atoms with E-state index >= 15 is 0 Å². The number of likely N-dealkylation sites (tertiary alicyclic amines) is 3. The van der Waals surface area contributed by atoms with Crippen molar-refractivity contribution in [2.75, 3.05) is 13.1 Å². The van der Waals surface area contributed by atoms with E-state index in [9.17, 15) is 24.8 Å². The smallest absolute Gasteiger partial charge is 0.335 e. The van der Waals surface area contributed by atoms with Gasteiger partial charge in [0.25, 0.3) is 0 Å². The number of amides is 2. The van der Waals surface area contributed by atoms with Crippen molar-refractivity contribution < 1.29 is 19.5 Å². The first-order valence-corrected chi connectivity index (χ1v) is 12.1. The molecule has 3 saturated heterocycles. The van der Waals surface area contributed by atoms with Crippen LogP contribution in [0.2, 0.25) is 0 Å². The maximum Gasteiger partial charge on any atom is 0.335 e. The van der Waals surface area contributed by atoms with Gasteiger partial charge in [0, 0.05) is 25.2 Å². The number of carbonyl (C=O) groups is 3. The molecule has 3 fully saturated rings. The van der Waals surface area contributed by atoms with E-state index in [1.54, 1.807) is 17.0 Å². The number of benzene rings is 1. The predicted octanol–water partition coefficient (Wildman–Crippen LogP) is 1.13. The number of carbonyl (C=O) groups excluding carboxylic acids is 2. The SMILES string of the molecule is CC1CC(C#N)N(C(=O)C(N)CN2C[C@@H]3CC2C(=O)N3[C@H]2CCc3cc(C(=O)O)ccc32)C1C. The number of piperazine rings is 1. The molecule has 34 heavy (non-hydrogen) atoms. The van der Waals surface area contributed by atoms with Gasteiger partial charge in [0.05, 0.1) is 29.8 Å². The molecule has 7 atom stereocenters. The summed E-state index contributed by atoms with van der Waals surface area (Å²) in [6, 6.07) is 5.93. The average Bonchev–Trinajstić information content (AvgIpc) is 3.55. The minimum atomic E-state index is -0.942. The molecule has 0 saturated carbocycles. The molecule has 5 rings (SSSR count). The van der Waals surface area contributed by atoms with E-state index in [0.717, 1.165) is 30.4 Å². The maximum absolute atomic E-state index is 13.4. The Morgan fingerprint density at radius 1 is 1.26 bits per heavy atom. The number of nitrogens with zero attached hydrogens (tertiary/aromatic N) is 4. The normalized spacial score (nSPS) is 33.3. The second-order valence-electron chi connectivity index (χ2n) is 10.3. The molecule has 9 nitrogen and oxygen atoms in total. The number of aryl methyl sites for hydroxylation is 1. The minimum absolute atomic E-state index is 0.0267. The number of rotatable bonds is 5. The molecule has 3 aliphatic heterocycles. The number of carboxylic acids is 1. The van der Waals surface area contributed by atoms with Crippen LogP contribution in [0.15, 0.2) is 18.2 Å². The topological polar surface area (TPSA) is 131 Å². The number of fused-ring (bicyclic) bond motifs is 3. The lowest BCUT2D eigenvalue weighted by Crippen LogP contribution is -2.57. The standard InChI is InChI=1S/C25H31N5O4/c1-13-7-17(10-26)29(14(13)2)23(31)20(27)12-28-11-18-9-22(28)24(32)30(18)21-6-4-15-8-16(25(33)34)3-5-19(15)21/h3,5,8,13-14,17-18,20-22H,4,6-7,9,11-12,27H2,1-2H3,(H,33,34)/t13?,14?,17?,18-,20?,21-,22?/m0/s1. The highest BCUT2D eigenvalue weighted by Crippen LogP contribution is 2.44. The molecule has 4 aliphatic rings. The highest BCUT2D eigenvalue weighted by atomic mass is 16.4. The van der Waals surface area contributed by atoms with Crippen LogP contribution in [-0.2, 0) is 16.0 Å². The predicted molar refractivity (Wildman–Crippen MR) is 123 cm³/mol. The Hall–Kier alpha value is -2.96. The van der Waals surface area contributed by atoms with Crippen molar-refractivity contribution >= 4 is 17.8 Å². The molecule has 1 aliphatic carbocycles. The third-order valence-corrected chi connectivity index (χ3v) is 8.43. The fourth-order valence-corrected chi connectivity index (χ4v) is 6.53. The zero-order chi connectivity index (χ0) is 24.3. The highest BCUT2D eigenvalue weighted by Gasteiger charge is 2.53. The number of hydrogen-bond donors (Lipinski definition) is 2. The summed E-state index contributed by atoms with van der Waals surface area (Å²) in [5.41, 5.74) is 8.65. The molecular weight excluding hydrogens is 434 g/mol. The Kier molecular flexibility index (Phi) is 5.61. The van der Waals surface area contributed by atoms with E-state index in [4.69, 9.17) is 5.73 Å². The third kappa shape index (κ3) is 3.48. The summed E-state index contributed by atoms with van der Waals surface area (Å²) in [7, 11) is 0. The van der Waals surface area contributed by atoms with E-state index < -0.39 is 18.1 Å². The Balaban J connectivity index is 1.26. The first-order valence-electron chi connectivity index (χ1n) is 12.1. The number of nitriles is 1. The van der Waals surface area contributed by atoms with Crippen LogP contribution in [0.1, 0.15) is 60.6 Å². The Morgan fingerprint density at radius 3 is 2.71 bits per heavy atom. The van der Waals surface area contributed by atoms with Gasteiger partial charge in [-0.1, -0.05) is 13.0 Å². The molecule has 9 heteroatoms. The van der Waals surface area contributed by atoms with Crippen LogP contribution in [0, 0.1) is 17.2 Å². The zero-order valence-corrected chi connectivity index (χ0v) is 19.6.